The molecule has 1 atom stereocenters. The van der Waals surface area contributed by atoms with Gasteiger partial charge in [0, 0.05) is 43.4 Å². The molecule has 1 fully saturated rings. The van der Waals surface area contributed by atoms with Crippen molar-refractivity contribution >= 4 is 17.7 Å². The normalized spacial score (nSPS) is 14.3. The van der Waals surface area contributed by atoms with Gasteiger partial charge < -0.3 is 29.3 Å². The summed E-state index contributed by atoms with van der Waals surface area (Å²) >= 11 is 0. The number of carbonyl (C=O) groups excluding carboxylic acids is 3. The first kappa shape index (κ1) is 26.8. The topological polar surface area (TPSA) is 97.4 Å². The summed E-state index contributed by atoms with van der Waals surface area (Å²) in [5, 5.41) is 2.89. The lowest BCUT2D eigenvalue weighted by molar-refractivity contribution is -0.135. The molecular formula is C27H35N3O6. The average molecular weight is 498 g/mol. The Hall–Kier alpha value is -3.75. The lowest BCUT2D eigenvalue weighted by atomic mass is 10.0. The Kier molecular flexibility index (Phi) is 9.16. The molecule has 0 bridgehead atoms. The zero-order chi connectivity index (χ0) is 26.2. The average Bonchev–Trinajstić information content (AvgIpc) is 2.91. The Morgan fingerprint density at radius 1 is 0.833 bits per heavy atom. The second-order valence-electron chi connectivity index (χ2n) is 8.87. The van der Waals surface area contributed by atoms with Crippen LogP contribution < -0.4 is 19.5 Å². The number of hydrogen-bond acceptors (Lipinski definition) is 6. The number of hydrogen-bond donors (Lipinski definition) is 1. The third-order valence-electron chi connectivity index (χ3n) is 6.12. The number of rotatable bonds is 9. The van der Waals surface area contributed by atoms with E-state index in [1.54, 1.807) is 52.3 Å². The summed E-state index contributed by atoms with van der Waals surface area (Å²) < 4.78 is 16.0. The maximum Gasteiger partial charge on any atom is 0.254 e. The van der Waals surface area contributed by atoms with Gasteiger partial charge in [0.05, 0.1) is 20.8 Å². The fourth-order valence-corrected chi connectivity index (χ4v) is 4.05. The molecule has 9 heteroatoms. The highest BCUT2D eigenvalue weighted by Crippen LogP contribution is 2.24. The number of piperazine rings is 1. The first-order valence-corrected chi connectivity index (χ1v) is 12.1. The molecule has 0 aliphatic carbocycles. The van der Waals surface area contributed by atoms with Crippen LogP contribution in [0, 0.1) is 5.92 Å². The number of amides is 3. The number of methoxy groups -OCH3 is 2. The lowest BCUT2D eigenvalue weighted by Gasteiger charge is -2.37. The number of nitrogens with one attached hydrogen (secondary N) is 1. The molecule has 1 N–H and O–H groups in total. The molecule has 9 nitrogen and oxygen atoms in total. The van der Waals surface area contributed by atoms with Crippen LogP contribution in [0.5, 0.6) is 17.2 Å². The minimum absolute atomic E-state index is 0.104. The van der Waals surface area contributed by atoms with E-state index >= 15 is 0 Å². The SMILES string of the molecule is CCOc1ccc(C(=O)NC(C(=O)N2CCN(C(=O)c3cc(OC)cc(OC)c3)CC2)C(C)C)cc1. The van der Waals surface area contributed by atoms with Gasteiger partial charge in [0.1, 0.15) is 23.3 Å². The standard InChI is InChI=1S/C27H35N3O6/c1-6-36-21-9-7-19(8-10-21)25(31)28-24(18(2)3)27(33)30-13-11-29(12-14-30)26(32)20-15-22(34-4)17-23(16-20)35-5/h7-10,15-18,24H,6,11-14H2,1-5H3,(H,28,31). The molecule has 1 unspecified atom stereocenters. The van der Waals surface area contributed by atoms with Crippen LogP contribution in [0.2, 0.25) is 0 Å². The number of benzene rings is 2. The highest BCUT2D eigenvalue weighted by molar-refractivity contribution is 5.98. The molecule has 1 aliphatic heterocycles. The smallest absolute Gasteiger partial charge is 0.254 e. The van der Waals surface area contributed by atoms with E-state index in [1.807, 2.05) is 20.8 Å². The summed E-state index contributed by atoms with van der Waals surface area (Å²) in [5.41, 5.74) is 0.926. The highest BCUT2D eigenvalue weighted by Gasteiger charge is 2.32. The van der Waals surface area contributed by atoms with Gasteiger partial charge in [-0.2, -0.15) is 0 Å². The molecule has 2 aromatic rings. The molecular weight excluding hydrogens is 462 g/mol. The number of nitrogens with zero attached hydrogens (tertiary/aromatic N) is 2. The Balaban J connectivity index is 1.62. The summed E-state index contributed by atoms with van der Waals surface area (Å²) in [6, 6.07) is 11.2. The van der Waals surface area contributed by atoms with Crippen molar-refractivity contribution in [3.05, 3.63) is 53.6 Å². The molecule has 0 saturated carbocycles. The number of ether oxygens (including phenoxy) is 3. The van der Waals surface area contributed by atoms with E-state index in [0.717, 1.165) is 0 Å². The molecule has 1 saturated heterocycles. The molecule has 0 spiro atoms. The Labute approximate surface area is 212 Å². The van der Waals surface area contributed by atoms with Crippen molar-refractivity contribution in [2.45, 2.75) is 26.8 Å². The van der Waals surface area contributed by atoms with Crippen LogP contribution in [-0.2, 0) is 4.79 Å². The van der Waals surface area contributed by atoms with E-state index in [-0.39, 0.29) is 23.6 Å². The van der Waals surface area contributed by atoms with Gasteiger partial charge in [-0.1, -0.05) is 13.8 Å². The monoisotopic (exact) mass is 497 g/mol. The van der Waals surface area contributed by atoms with E-state index in [0.29, 0.717) is 61.2 Å². The second kappa shape index (κ2) is 12.3. The van der Waals surface area contributed by atoms with Crippen molar-refractivity contribution in [1.29, 1.82) is 0 Å². The largest absolute Gasteiger partial charge is 0.497 e. The van der Waals surface area contributed by atoms with Gasteiger partial charge in [-0.15, -0.1) is 0 Å². The fraction of sp³-hybridized carbons (Fsp3) is 0.444. The maximum absolute atomic E-state index is 13.3. The maximum atomic E-state index is 13.3. The molecule has 3 rings (SSSR count). The predicted molar refractivity (Wildman–Crippen MR) is 136 cm³/mol. The van der Waals surface area contributed by atoms with Crippen molar-refractivity contribution in [2.24, 2.45) is 5.92 Å². The van der Waals surface area contributed by atoms with Crippen molar-refractivity contribution in [2.75, 3.05) is 47.0 Å². The minimum atomic E-state index is -0.672. The third-order valence-corrected chi connectivity index (χ3v) is 6.12. The molecule has 0 radical (unpaired) electrons. The number of carbonyl (C=O) groups is 3. The molecule has 1 aliphatic rings. The summed E-state index contributed by atoms with van der Waals surface area (Å²) in [6.07, 6.45) is 0. The van der Waals surface area contributed by atoms with E-state index in [9.17, 15) is 14.4 Å². The Morgan fingerprint density at radius 3 is 1.89 bits per heavy atom. The van der Waals surface area contributed by atoms with Crippen LogP contribution in [0.4, 0.5) is 0 Å². The van der Waals surface area contributed by atoms with Gasteiger partial charge in [-0.05, 0) is 49.2 Å². The summed E-state index contributed by atoms with van der Waals surface area (Å²) in [4.78, 5) is 42.6. The highest BCUT2D eigenvalue weighted by atomic mass is 16.5. The van der Waals surface area contributed by atoms with Crippen LogP contribution >= 0.6 is 0 Å². The molecule has 36 heavy (non-hydrogen) atoms. The first-order chi connectivity index (χ1) is 17.3. The van der Waals surface area contributed by atoms with Crippen LogP contribution in [-0.4, -0.2) is 80.6 Å². The zero-order valence-corrected chi connectivity index (χ0v) is 21.6. The lowest BCUT2D eigenvalue weighted by Crippen LogP contribution is -2.57. The quantitative estimate of drug-likeness (QED) is 0.572. The van der Waals surface area contributed by atoms with Crippen molar-refractivity contribution < 1.29 is 28.6 Å². The molecule has 2 aromatic carbocycles. The van der Waals surface area contributed by atoms with Crippen molar-refractivity contribution in [1.82, 2.24) is 15.1 Å². The van der Waals surface area contributed by atoms with Gasteiger partial charge >= 0.3 is 0 Å². The van der Waals surface area contributed by atoms with Gasteiger partial charge in [-0.3, -0.25) is 14.4 Å². The van der Waals surface area contributed by atoms with E-state index in [4.69, 9.17) is 14.2 Å². The minimum Gasteiger partial charge on any atom is -0.497 e. The predicted octanol–water partition coefficient (Wildman–Crippen LogP) is 2.84. The van der Waals surface area contributed by atoms with Gasteiger partial charge in [0.2, 0.25) is 5.91 Å². The van der Waals surface area contributed by atoms with Crippen LogP contribution in [0.1, 0.15) is 41.5 Å². The van der Waals surface area contributed by atoms with Crippen LogP contribution in [0.15, 0.2) is 42.5 Å². The van der Waals surface area contributed by atoms with Crippen molar-refractivity contribution in [3.63, 3.8) is 0 Å². The zero-order valence-electron chi connectivity index (χ0n) is 21.6. The molecule has 194 valence electrons. The van der Waals surface area contributed by atoms with Gasteiger partial charge in [-0.25, -0.2) is 0 Å². The third kappa shape index (κ3) is 6.47. The van der Waals surface area contributed by atoms with E-state index < -0.39 is 6.04 Å². The van der Waals surface area contributed by atoms with E-state index in [1.165, 1.54) is 14.2 Å². The van der Waals surface area contributed by atoms with Gasteiger partial charge in [0.15, 0.2) is 0 Å². The molecule has 1 heterocycles. The molecule has 3 amide bonds. The van der Waals surface area contributed by atoms with Gasteiger partial charge in [0.25, 0.3) is 11.8 Å². The summed E-state index contributed by atoms with van der Waals surface area (Å²) in [7, 11) is 3.07. The van der Waals surface area contributed by atoms with Crippen LogP contribution in [0.25, 0.3) is 0 Å². The van der Waals surface area contributed by atoms with E-state index in [2.05, 4.69) is 5.32 Å². The summed E-state index contributed by atoms with van der Waals surface area (Å²) in [6.45, 7) is 7.78. The Bertz CT molecular complexity index is 1040. The fourth-order valence-electron chi connectivity index (χ4n) is 4.05. The molecule has 0 aromatic heterocycles. The Morgan fingerprint density at radius 2 is 1.39 bits per heavy atom. The first-order valence-electron chi connectivity index (χ1n) is 12.1. The second-order valence-corrected chi connectivity index (χ2v) is 8.87. The van der Waals surface area contributed by atoms with Crippen molar-refractivity contribution in [3.8, 4) is 17.2 Å². The summed E-state index contributed by atoms with van der Waals surface area (Å²) in [5.74, 6) is 1.04. The van der Waals surface area contributed by atoms with Crippen LogP contribution in [0.3, 0.4) is 0 Å².